The molecule has 0 rings (SSSR count). The SMILES string of the molecule is O.O.[Cl-].[Cr+2].[OH-]. The van der Waals surface area contributed by atoms with Crippen molar-refractivity contribution in [2.45, 2.75) is 0 Å². The van der Waals surface area contributed by atoms with Crippen molar-refractivity contribution < 1.29 is 46.2 Å². The van der Waals surface area contributed by atoms with Gasteiger partial charge in [0.1, 0.15) is 0 Å². The fourth-order valence-electron chi connectivity index (χ4n) is 0. The Hall–Kier alpha value is 0.702. The summed E-state index contributed by atoms with van der Waals surface area (Å²) in [5.74, 6) is 0. The molecule has 0 aromatic rings. The van der Waals surface area contributed by atoms with E-state index in [0.29, 0.717) is 0 Å². The van der Waals surface area contributed by atoms with Crippen molar-refractivity contribution in [3.8, 4) is 0 Å². The fourth-order valence-corrected chi connectivity index (χ4v) is 0. The summed E-state index contributed by atoms with van der Waals surface area (Å²) in [5, 5.41) is 0. The Morgan fingerprint density at radius 2 is 0.800 bits per heavy atom. The molecule has 0 heterocycles. The van der Waals surface area contributed by atoms with Crippen LogP contribution in [0.1, 0.15) is 0 Å². The van der Waals surface area contributed by atoms with E-state index in [1.165, 1.54) is 0 Å². The van der Waals surface area contributed by atoms with E-state index in [2.05, 4.69) is 0 Å². The molecule has 5 N–H and O–H groups in total. The molecule has 0 fully saturated rings. The molecule has 5 heavy (non-hydrogen) atoms. The number of hydrogen-bond donors (Lipinski definition) is 0. The minimum atomic E-state index is 0. The Morgan fingerprint density at radius 3 is 0.800 bits per heavy atom. The Morgan fingerprint density at radius 1 is 0.800 bits per heavy atom. The van der Waals surface area contributed by atoms with Gasteiger partial charge in [-0.1, -0.05) is 0 Å². The molecule has 5 heteroatoms. The molecule has 36 valence electrons. The van der Waals surface area contributed by atoms with Gasteiger partial charge in [0, 0.05) is 0 Å². The first-order chi connectivity index (χ1) is 0. The molecular weight excluding hydrogens is 135 g/mol. The van der Waals surface area contributed by atoms with Gasteiger partial charge < -0.3 is 28.8 Å². The van der Waals surface area contributed by atoms with Gasteiger partial charge in [0.25, 0.3) is 0 Å². The van der Waals surface area contributed by atoms with Gasteiger partial charge in [0.2, 0.25) is 0 Å². The van der Waals surface area contributed by atoms with E-state index in [-0.39, 0.29) is 46.2 Å². The van der Waals surface area contributed by atoms with Crippen LogP contribution in [0, 0.1) is 0 Å². The first-order valence-corrected chi connectivity index (χ1v) is 0. The number of halogens is 1. The predicted octanol–water partition coefficient (Wildman–Crippen LogP) is -4.82. The van der Waals surface area contributed by atoms with Crippen LogP contribution >= 0.6 is 0 Å². The second-order valence-corrected chi connectivity index (χ2v) is 0. The standard InChI is InChI=1S/ClH.Cr.3H2O/h1H;;3*1H2/q;+2;;;/p-2. The molecule has 0 aromatic carbocycles. The van der Waals surface area contributed by atoms with Crippen LogP contribution in [0.2, 0.25) is 0 Å². The summed E-state index contributed by atoms with van der Waals surface area (Å²) in [4.78, 5) is 0. The minimum Gasteiger partial charge on any atom is -1.00 e. The fraction of sp³-hybridized carbons (Fsp3) is 0. The quantitative estimate of drug-likeness (QED) is 0.332. The van der Waals surface area contributed by atoms with Crippen LogP contribution < -0.4 is 12.4 Å². The third-order valence-corrected chi connectivity index (χ3v) is 0. The van der Waals surface area contributed by atoms with Crippen molar-refractivity contribution in [2.75, 3.05) is 0 Å². The molecule has 0 spiro atoms. The molecule has 0 bridgehead atoms. The van der Waals surface area contributed by atoms with Crippen molar-refractivity contribution >= 4 is 0 Å². The van der Waals surface area contributed by atoms with Gasteiger partial charge in [0.05, 0.1) is 0 Å². The molecular formula is H5ClCrO3. The van der Waals surface area contributed by atoms with E-state index in [1.807, 2.05) is 0 Å². The van der Waals surface area contributed by atoms with Crippen LogP contribution in [0.5, 0.6) is 0 Å². The first kappa shape index (κ1) is 256. The summed E-state index contributed by atoms with van der Waals surface area (Å²) >= 11 is 0. The van der Waals surface area contributed by atoms with Crippen molar-refractivity contribution in [1.82, 2.24) is 0 Å². The average Bonchev–Trinajstić information content (AvgIpc) is 0. The maximum Gasteiger partial charge on any atom is 2.00 e. The Labute approximate surface area is 46.8 Å². The molecule has 3 nitrogen and oxygen atoms in total. The molecule has 0 saturated carbocycles. The predicted molar refractivity (Wildman–Crippen MR) is 9.16 cm³/mol. The Balaban J connectivity index is 0. The minimum absolute atomic E-state index is 0. The van der Waals surface area contributed by atoms with Gasteiger partial charge in [-0.15, -0.1) is 0 Å². The van der Waals surface area contributed by atoms with Crippen LogP contribution in [0.15, 0.2) is 0 Å². The van der Waals surface area contributed by atoms with Crippen LogP contribution in [0.3, 0.4) is 0 Å². The largest absolute Gasteiger partial charge is 2.00 e. The summed E-state index contributed by atoms with van der Waals surface area (Å²) in [6.45, 7) is 0. The maximum absolute atomic E-state index is 0. The van der Waals surface area contributed by atoms with Crippen molar-refractivity contribution in [1.29, 1.82) is 0 Å². The van der Waals surface area contributed by atoms with Gasteiger partial charge in [0.15, 0.2) is 0 Å². The van der Waals surface area contributed by atoms with E-state index in [1.54, 1.807) is 0 Å². The van der Waals surface area contributed by atoms with Gasteiger partial charge in [-0.3, -0.25) is 0 Å². The van der Waals surface area contributed by atoms with Crippen molar-refractivity contribution in [3.05, 3.63) is 0 Å². The smallest absolute Gasteiger partial charge is 1.00 e. The number of rotatable bonds is 0. The van der Waals surface area contributed by atoms with Crippen LogP contribution in [-0.2, 0) is 17.4 Å². The third kappa shape index (κ3) is 69.6. The van der Waals surface area contributed by atoms with Gasteiger partial charge in [-0.05, 0) is 0 Å². The molecule has 0 unspecified atom stereocenters. The molecule has 0 saturated heterocycles. The molecule has 0 radical (unpaired) electrons. The molecule has 0 atom stereocenters. The maximum atomic E-state index is 0. The van der Waals surface area contributed by atoms with E-state index in [9.17, 15) is 0 Å². The molecule has 0 aromatic heterocycles. The van der Waals surface area contributed by atoms with Gasteiger partial charge in [-0.2, -0.15) is 0 Å². The molecule has 0 amide bonds. The second-order valence-electron chi connectivity index (χ2n) is 0. The summed E-state index contributed by atoms with van der Waals surface area (Å²) in [6, 6.07) is 0. The zero-order valence-electron chi connectivity index (χ0n) is 2.23. The van der Waals surface area contributed by atoms with E-state index in [0.717, 1.165) is 0 Å². The zero-order chi connectivity index (χ0) is 0. The summed E-state index contributed by atoms with van der Waals surface area (Å²) in [7, 11) is 0. The summed E-state index contributed by atoms with van der Waals surface area (Å²) < 4.78 is 0. The second kappa shape index (κ2) is 131. The third-order valence-electron chi connectivity index (χ3n) is 0. The molecule has 0 aliphatic heterocycles. The summed E-state index contributed by atoms with van der Waals surface area (Å²) in [5.41, 5.74) is 0. The first-order valence-electron chi connectivity index (χ1n) is 0. The van der Waals surface area contributed by atoms with Crippen LogP contribution in [0.25, 0.3) is 0 Å². The van der Waals surface area contributed by atoms with Crippen molar-refractivity contribution in [3.63, 3.8) is 0 Å². The van der Waals surface area contributed by atoms with Crippen LogP contribution in [0.4, 0.5) is 0 Å². The van der Waals surface area contributed by atoms with E-state index in [4.69, 9.17) is 0 Å². The summed E-state index contributed by atoms with van der Waals surface area (Å²) in [6.07, 6.45) is 0. The Bertz CT molecular complexity index is 6.85. The normalized spacial score (nSPS) is 0. The zero-order valence-corrected chi connectivity index (χ0v) is 4.26. The Kier molecular flexibility index (Phi) is 6680. The van der Waals surface area contributed by atoms with Gasteiger partial charge >= 0.3 is 17.4 Å². The van der Waals surface area contributed by atoms with Crippen LogP contribution in [-0.4, -0.2) is 16.4 Å². The van der Waals surface area contributed by atoms with Gasteiger partial charge in [-0.25, -0.2) is 0 Å². The van der Waals surface area contributed by atoms with Crippen molar-refractivity contribution in [2.24, 2.45) is 0 Å². The average molecular weight is 140 g/mol. The monoisotopic (exact) mass is 140 g/mol. The number of hydrogen-bond acceptors (Lipinski definition) is 1. The molecule has 0 aliphatic rings. The van der Waals surface area contributed by atoms with E-state index >= 15 is 0 Å². The topological polar surface area (TPSA) is 93.0 Å². The van der Waals surface area contributed by atoms with E-state index < -0.39 is 0 Å². The molecule has 0 aliphatic carbocycles.